The zero-order valence-corrected chi connectivity index (χ0v) is 10.3. The quantitative estimate of drug-likeness (QED) is 0.857. The van der Waals surface area contributed by atoms with Crippen LogP contribution in [0.1, 0.15) is 12.5 Å². The molecule has 0 aliphatic carbocycles. The summed E-state index contributed by atoms with van der Waals surface area (Å²) in [7, 11) is 1.50. The number of hydrogen-bond donors (Lipinski definition) is 1. The van der Waals surface area contributed by atoms with E-state index in [2.05, 4.69) is 5.32 Å². The molecule has 1 aromatic rings. The van der Waals surface area contributed by atoms with E-state index in [-0.39, 0.29) is 18.6 Å². The topological polar surface area (TPSA) is 38.3 Å². The van der Waals surface area contributed by atoms with Gasteiger partial charge in [-0.1, -0.05) is 23.7 Å². The van der Waals surface area contributed by atoms with E-state index < -0.39 is 0 Å². The number of nitrogens with one attached hydrogen (secondary N) is 1. The van der Waals surface area contributed by atoms with Gasteiger partial charge >= 0.3 is 0 Å². The van der Waals surface area contributed by atoms with Gasteiger partial charge in [-0.25, -0.2) is 0 Å². The molecule has 1 rings (SSSR count). The SMILES string of the molecule is COCC(=O)NC(C)Cc1cccc(Cl)c1. The molecule has 1 N–H and O–H groups in total. The zero-order valence-electron chi connectivity index (χ0n) is 9.50. The standard InChI is InChI=1S/C12H16ClNO2/c1-9(14-12(15)8-16-2)6-10-4-3-5-11(13)7-10/h3-5,7,9H,6,8H2,1-2H3,(H,14,15). The third-order valence-corrected chi connectivity index (χ3v) is 2.35. The third kappa shape index (κ3) is 4.64. The van der Waals surface area contributed by atoms with Crippen molar-refractivity contribution < 1.29 is 9.53 Å². The van der Waals surface area contributed by atoms with Crippen molar-refractivity contribution in [3.8, 4) is 0 Å². The summed E-state index contributed by atoms with van der Waals surface area (Å²) in [5.41, 5.74) is 1.11. The van der Waals surface area contributed by atoms with Crippen molar-refractivity contribution >= 4 is 17.5 Å². The Kier molecular flexibility index (Phi) is 5.29. The van der Waals surface area contributed by atoms with Gasteiger partial charge in [-0.15, -0.1) is 0 Å². The number of hydrogen-bond acceptors (Lipinski definition) is 2. The van der Waals surface area contributed by atoms with Gasteiger partial charge in [-0.05, 0) is 31.0 Å². The third-order valence-electron chi connectivity index (χ3n) is 2.11. The highest BCUT2D eigenvalue weighted by Crippen LogP contribution is 2.12. The number of halogens is 1. The van der Waals surface area contributed by atoms with E-state index in [0.717, 1.165) is 12.0 Å². The highest BCUT2D eigenvalue weighted by atomic mass is 35.5. The maximum Gasteiger partial charge on any atom is 0.246 e. The minimum absolute atomic E-state index is 0.0705. The first kappa shape index (κ1) is 13.0. The zero-order chi connectivity index (χ0) is 12.0. The molecule has 4 heteroatoms. The summed E-state index contributed by atoms with van der Waals surface area (Å²) in [5, 5.41) is 3.56. The molecule has 1 aromatic carbocycles. The monoisotopic (exact) mass is 241 g/mol. The van der Waals surface area contributed by atoms with Crippen molar-refractivity contribution in [2.45, 2.75) is 19.4 Å². The van der Waals surface area contributed by atoms with Crippen LogP contribution in [0, 0.1) is 0 Å². The molecule has 1 unspecified atom stereocenters. The number of carbonyl (C=O) groups excluding carboxylic acids is 1. The number of methoxy groups -OCH3 is 1. The first-order valence-electron chi connectivity index (χ1n) is 5.14. The summed E-state index contributed by atoms with van der Waals surface area (Å²) in [6.07, 6.45) is 0.760. The van der Waals surface area contributed by atoms with Crippen molar-refractivity contribution in [1.82, 2.24) is 5.32 Å². The Bertz CT molecular complexity index is 355. The molecule has 0 saturated carbocycles. The molecule has 0 heterocycles. The Morgan fingerprint density at radius 3 is 2.94 bits per heavy atom. The van der Waals surface area contributed by atoms with Gasteiger partial charge in [0.15, 0.2) is 0 Å². The summed E-state index contributed by atoms with van der Waals surface area (Å²) in [5.74, 6) is -0.1000. The van der Waals surface area contributed by atoms with Crippen LogP contribution >= 0.6 is 11.6 Å². The van der Waals surface area contributed by atoms with Gasteiger partial charge in [0.05, 0.1) is 0 Å². The average molecular weight is 242 g/mol. The number of benzene rings is 1. The minimum atomic E-state index is -0.1000. The van der Waals surface area contributed by atoms with Crippen molar-refractivity contribution in [2.75, 3.05) is 13.7 Å². The molecule has 0 saturated heterocycles. The van der Waals surface area contributed by atoms with Gasteiger partial charge in [0, 0.05) is 18.2 Å². The Labute approximate surface area is 101 Å². The van der Waals surface area contributed by atoms with Gasteiger partial charge in [0.1, 0.15) is 6.61 Å². The fourth-order valence-corrected chi connectivity index (χ4v) is 1.73. The molecule has 1 amide bonds. The normalized spacial score (nSPS) is 12.2. The van der Waals surface area contributed by atoms with Gasteiger partial charge in [-0.3, -0.25) is 4.79 Å². The predicted octanol–water partition coefficient (Wildman–Crippen LogP) is 2.03. The van der Waals surface area contributed by atoms with Crippen LogP contribution in [0.4, 0.5) is 0 Å². The Morgan fingerprint density at radius 2 is 2.31 bits per heavy atom. The molecule has 0 aliphatic rings. The van der Waals surface area contributed by atoms with E-state index in [9.17, 15) is 4.79 Å². The Hall–Kier alpha value is -1.06. The van der Waals surface area contributed by atoms with Crippen LogP contribution in [0.5, 0.6) is 0 Å². The minimum Gasteiger partial charge on any atom is -0.375 e. The lowest BCUT2D eigenvalue weighted by Crippen LogP contribution is -2.36. The molecule has 88 valence electrons. The van der Waals surface area contributed by atoms with Crippen LogP contribution < -0.4 is 5.32 Å². The van der Waals surface area contributed by atoms with E-state index in [1.54, 1.807) is 0 Å². The summed E-state index contributed by atoms with van der Waals surface area (Å²) in [6, 6.07) is 7.70. The molecule has 0 aromatic heterocycles. The molecular weight excluding hydrogens is 226 g/mol. The molecular formula is C12H16ClNO2. The lowest BCUT2D eigenvalue weighted by Gasteiger charge is -2.13. The number of rotatable bonds is 5. The molecule has 0 bridgehead atoms. The highest BCUT2D eigenvalue weighted by Gasteiger charge is 2.07. The molecule has 0 fully saturated rings. The maximum atomic E-state index is 11.2. The molecule has 0 spiro atoms. The van der Waals surface area contributed by atoms with Crippen molar-refractivity contribution in [2.24, 2.45) is 0 Å². The lowest BCUT2D eigenvalue weighted by atomic mass is 10.1. The Balaban J connectivity index is 2.45. The molecule has 1 atom stereocenters. The van der Waals surface area contributed by atoms with Crippen LogP contribution in [0.3, 0.4) is 0 Å². The molecule has 0 aliphatic heterocycles. The fraction of sp³-hybridized carbons (Fsp3) is 0.417. The van der Waals surface area contributed by atoms with Crippen LogP contribution in [0.25, 0.3) is 0 Å². The summed E-state index contributed by atoms with van der Waals surface area (Å²) >= 11 is 5.88. The van der Waals surface area contributed by atoms with E-state index in [4.69, 9.17) is 16.3 Å². The molecule has 3 nitrogen and oxygen atoms in total. The van der Waals surface area contributed by atoms with Crippen LogP contribution in [0.2, 0.25) is 5.02 Å². The van der Waals surface area contributed by atoms with Gasteiger partial charge in [0.25, 0.3) is 0 Å². The van der Waals surface area contributed by atoms with Crippen molar-refractivity contribution in [3.63, 3.8) is 0 Å². The molecule has 0 radical (unpaired) electrons. The summed E-state index contributed by atoms with van der Waals surface area (Å²) in [4.78, 5) is 11.2. The second-order valence-corrected chi connectivity index (χ2v) is 4.17. The smallest absolute Gasteiger partial charge is 0.246 e. The molecule has 16 heavy (non-hydrogen) atoms. The van der Waals surface area contributed by atoms with Crippen molar-refractivity contribution in [1.29, 1.82) is 0 Å². The van der Waals surface area contributed by atoms with Crippen LogP contribution in [-0.4, -0.2) is 25.7 Å². The number of ether oxygens (including phenoxy) is 1. The highest BCUT2D eigenvalue weighted by molar-refractivity contribution is 6.30. The van der Waals surface area contributed by atoms with E-state index in [0.29, 0.717) is 5.02 Å². The van der Waals surface area contributed by atoms with Crippen LogP contribution in [-0.2, 0) is 16.0 Å². The van der Waals surface area contributed by atoms with Gasteiger partial charge < -0.3 is 10.1 Å². The van der Waals surface area contributed by atoms with E-state index in [1.807, 2.05) is 31.2 Å². The summed E-state index contributed by atoms with van der Waals surface area (Å²) in [6.45, 7) is 2.05. The maximum absolute atomic E-state index is 11.2. The van der Waals surface area contributed by atoms with Gasteiger partial charge in [0.2, 0.25) is 5.91 Å². The lowest BCUT2D eigenvalue weighted by molar-refractivity contribution is -0.125. The van der Waals surface area contributed by atoms with E-state index in [1.165, 1.54) is 7.11 Å². The number of carbonyl (C=O) groups is 1. The predicted molar refractivity (Wildman–Crippen MR) is 64.6 cm³/mol. The largest absolute Gasteiger partial charge is 0.375 e. The first-order chi connectivity index (χ1) is 7.61. The van der Waals surface area contributed by atoms with Gasteiger partial charge in [-0.2, -0.15) is 0 Å². The second kappa shape index (κ2) is 6.51. The number of amides is 1. The fourth-order valence-electron chi connectivity index (χ4n) is 1.52. The van der Waals surface area contributed by atoms with E-state index >= 15 is 0 Å². The Morgan fingerprint density at radius 1 is 1.56 bits per heavy atom. The average Bonchev–Trinajstić information content (AvgIpc) is 2.17. The summed E-state index contributed by atoms with van der Waals surface area (Å²) < 4.78 is 4.74. The second-order valence-electron chi connectivity index (χ2n) is 3.74. The van der Waals surface area contributed by atoms with Crippen molar-refractivity contribution in [3.05, 3.63) is 34.9 Å². The first-order valence-corrected chi connectivity index (χ1v) is 5.52. The van der Waals surface area contributed by atoms with Crippen LogP contribution in [0.15, 0.2) is 24.3 Å².